The lowest BCUT2D eigenvalue weighted by atomic mass is 10.2. The molecule has 0 saturated heterocycles. The second kappa shape index (κ2) is 3.86. The smallest absolute Gasteiger partial charge is 0.336 e. The number of benzene rings is 1. The predicted molar refractivity (Wildman–Crippen MR) is 58.8 cm³/mol. The van der Waals surface area contributed by atoms with E-state index in [-0.39, 0.29) is 11.4 Å². The zero-order valence-corrected chi connectivity index (χ0v) is 9.96. The molecule has 0 bridgehead atoms. The lowest BCUT2D eigenvalue weighted by Gasteiger charge is -2.00. The maximum atomic E-state index is 12.8. The van der Waals surface area contributed by atoms with Crippen molar-refractivity contribution in [2.75, 3.05) is 0 Å². The van der Waals surface area contributed by atoms with E-state index in [1.807, 2.05) is 0 Å². The largest absolute Gasteiger partial charge is 0.478 e. The van der Waals surface area contributed by atoms with Crippen molar-refractivity contribution in [3.8, 4) is 0 Å². The van der Waals surface area contributed by atoms with Crippen LogP contribution in [0, 0.1) is 13.0 Å². The van der Waals surface area contributed by atoms with Crippen molar-refractivity contribution in [2.24, 2.45) is 0 Å². The maximum Gasteiger partial charge on any atom is 0.336 e. The molecule has 1 rings (SSSR count). The number of carbonyl (C=O) groups is 1. The molecule has 0 aliphatic carbocycles. The van der Waals surface area contributed by atoms with Gasteiger partial charge in [-0.3, -0.25) is 0 Å². The maximum absolute atomic E-state index is 12.8. The molecule has 2 nitrogen and oxygen atoms in total. The summed E-state index contributed by atoms with van der Waals surface area (Å²) in [6, 6.07) is 2.53. The summed E-state index contributed by atoms with van der Waals surface area (Å²) in [5.74, 6) is -1.41. The molecule has 1 N–H and O–H groups in total. The predicted octanol–water partition coefficient (Wildman–Crippen LogP) is 2.73. The zero-order chi connectivity index (χ0) is 9.30. The summed E-state index contributed by atoms with van der Waals surface area (Å²) in [5.41, 5.74) is 0.140. The molecule has 0 aliphatic heterocycles. The van der Waals surface area contributed by atoms with E-state index in [9.17, 15) is 9.18 Å². The first-order valence-corrected chi connectivity index (χ1v) is 5.06. The number of hydrogen-bond donors (Lipinski definition) is 1. The lowest BCUT2D eigenvalue weighted by Crippen LogP contribution is -2.01. The minimum Gasteiger partial charge on any atom is -0.478 e. The molecule has 5 heteroatoms. The summed E-state index contributed by atoms with van der Waals surface area (Å²) in [6.45, 7) is 0. The molecule has 12 heavy (non-hydrogen) atoms. The quantitative estimate of drug-likeness (QED) is 0.590. The topological polar surface area (TPSA) is 37.3 Å². The molecule has 0 saturated carbocycles. The first-order valence-electron chi connectivity index (χ1n) is 2.90. The van der Waals surface area contributed by atoms with Crippen molar-refractivity contribution < 1.29 is 14.3 Å². The number of halogens is 3. The zero-order valence-electron chi connectivity index (χ0n) is 5.64. The van der Waals surface area contributed by atoms with E-state index in [0.29, 0.717) is 7.14 Å². The number of carboxylic acid groups (broad SMARTS) is 1. The minimum atomic E-state index is -1.03. The third-order valence-electron chi connectivity index (χ3n) is 1.24. The molecule has 0 aromatic heterocycles. The van der Waals surface area contributed by atoms with Gasteiger partial charge >= 0.3 is 5.97 Å². The molecule has 0 spiro atoms. The van der Waals surface area contributed by atoms with Crippen LogP contribution in [0.3, 0.4) is 0 Å². The van der Waals surface area contributed by atoms with Gasteiger partial charge in [0.1, 0.15) is 5.82 Å². The Morgan fingerprint density at radius 3 is 2.42 bits per heavy atom. The lowest BCUT2D eigenvalue weighted by molar-refractivity contribution is 0.0695. The highest BCUT2D eigenvalue weighted by molar-refractivity contribution is 14.1. The van der Waals surface area contributed by atoms with Crippen LogP contribution in [0.25, 0.3) is 0 Å². The molecule has 0 fully saturated rings. The van der Waals surface area contributed by atoms with Gasteiger partial charge < -0.3 is 5.11 Å². The fourth-order valence-electron chi connectivity index (χ4n) is 0.686. The Kier molecular flexibility index (Phi) is 3.27. The van der Waals surface area contributed by atoms with Gasteiger partial charge in [0.25, 0.3) is 0 Å². The van der Waals surface area contributed by atoms with Crippen molar-refractivity contribution in [1.29, 1.82) is 0 Å². The molecule has 0 radical (unpaired) electrons. The van der Waals surface area contributed by atoms with Gasteiger partial charge in [0, 0.05) is 7.14 Å². The van der Waals surface area contributed by atoms with Gasteiger partial charge in [0.15, 0.2) is 0 Å². The fraction of sp³-hybridized carbons (Fsp3) is 0. The Bertz CT molecular complexity index is 338. The standard InChI is InChI=1S/C7H3FI2O2/c8-4-2-5(9)3(7(11)12)1-6(4)10/h1-2H,(H,11,12). The van der Waals surface area contributed by atoms with Gasteiger partial charge in [-0.1, -0.05) is 0 Å². The summed E-state index contributed by atoms with van der Waals surface area (Å²) >= 11 is 3.55. The van der Waals surface area contributed by atoms with Crippen molar-refractivity contribution in [1.82, 2.24) is 0 Å². The third-order valence-corrected chi connectivity index (χ3v) is 2.96. The monoisotopic (exact) mass is 392 g/mol. The van der Waals surface area contributed by atoms with Gasteiger partial charge in [0.05, 0.1) is 5.56 Å². The normalized spacial score (nSPS) is 9.92. The van der Waals surface area contributed by atoms with Crippen LogP contribution in [0.1, 0.15) is 10.4 Å². The fourth-order valence-corrected chi connectivity index (χ4v) is 1.81. The van der Waals surface area contributed by atoms with Crippen LogP contribution in [0.5, 0.6) is 0 Å². The van der Waals surface area contributed by atoms with Gasteiger partial charge in [-0.2, -0.15) is 0 Å². The highest BCUT2D eigenvalue weighted by Gasteiger charge is 2.11. The highest BCUT2D eigenvalue weighted by atomic mass is 127. The van der Waals surface area contributed by atoms with Gasteiger partial charge in [-0.05, 0) is 57.3 Å². The van der Waals surface area contributed by atoms with E-state index < -0.39 is 5.97 Å². The molecule has 0 aliphatic rings. The Morgan fingerprint density at radius 2 is 1.92 bits per heavy atom. The number of hydrogen-bond acceptors (Lipinski definition) is 1. The van der Waals surface area contributed by atoms with Crippen molar-refractivity contribution in [3.05, 3.63) is 30.7 Å². The average molecular weight is 392 g/mol. The molecule has 0 amide bonds. The van der Waals surface area contributed by atoms with Crippen molar-refractivity contribution >= 4 is 51.2 Å². The number of aromatic carboxylic acids is 1. The van der Waals surface area contributed by atoms with E-state index >= 15 is 0 Å². The summed E-state index contributed by atoms with van der Waals surface area (Å²) in [7, 11) is 0. The van der Waals surface area contributed by atoms with Crippen LogP contribution >= 0.6 is 45.2 Å². The van der Waals surface area contributed by atoms with Crippen LogP contribution in [-0.2, 0) is 0 Å². The van der Waals surface area contributed by atoms with Crippen molar-refractivity contribution in [3.63, 3.8) is 0 Å². The van der Waals surface area contributed by atoms with Crippen LogP contribution in [0.15, 0.2) is 12.1 Å². The Labute approximate surface area is 95.4 Å². The van der Waals surface area contributed by atoms with Gasteiger partial charge in [0.2, 0.25) is 0 Å². The Hall–Kier alpha value is 0.0800. The summed E-state index contributed by atoms with van der Waals surface area (Å²) < 4.78 is 13.6. The minimum absolute atomic E-state index is 0.140. The van der Waals surface area contributed by atoms with Crippen molar-refractivity contribution in [2.45, 2.75) is 0 Å². The van der Waals surface area contributed by atoms with Gasteiger partial charge in [-0.25, -0.2) is 9.18 Å². The van der Waals surface area contributed by atoms with Crippen LogP contribution in [0.4, 0.5) is 4.39 Å². The first-order chi connectivity index (χ1) is 5.52. The Balaban J connectivity index is 3.33. The van der Waals surface area contributed by atoms with E-state index in [2.05, 4.69) is 0 Å². The molecule has 64 valence electrons. The molecule has 1 aromatic carbocycles. The summed E-state index contributed by atoms with van der Waals surface area (Å²) in [4.78, 5) is 10.6. The summed E-state index contributed by atoms with van der Waals surface area (Å²) in [5, 5.41) is 8.65. The van der Waals surface area contributed by atoms with E-state index in [0.717, 1.165) is 0 Å². The second-order valence-corrected chi connectivity index (χ2v) is 4.38. The number of carboxylic acids is 1. The molecule has 0 atom stereocenters. The molecule has 0 heterocycles. The van der Waals surface area contributed by atoms with Crippen LogP contribution in [0.2, 0.25) is 0 Å². The van der Waals surface area contributed by atoms with E-state index in [1.54, 1.807) is 45.2 Å². The number of rotatable bonds is 1. The second-order valence-electron chi connectivity index (χ2n) is 2.05. The average Bonchev–Trinajstić information content (AvgIpc) is 1.96. The van der Waals surface area contributed by atoms with E-state index in [4.69, 9.17) is 5.11 Å². The first kappa shape index (κ1) is 10.2. The van der Waals surface area contributed by atoms with E-state index in [1.165, 1.54) is 12.1 Å². The molecular weight excluding hydrogens is 389 g/mol. The third kappa shape index (κ3) is 2.06. The van der Waals surface area contributed by atoms with Crippen LogP contribution < -0.4 is 0 Å². The SMILES string of the molecule is O=C(O)c1cc(I)c(F)cc1I. The molecule has 1 aromatic rings. The Morgan fingerprint density at radius 1 is 1.33 bits per heavy atom. The molecular formula is C7H3FI2O2. The highest BCUT2D eigenvalue weighted by Crippen LogP contribution is 2.19. The summed E-state index contributed by atoms with van der Waals surface area (Å²) in [6.07, 6.45) is 0. The van der Waals surface area contributed by atoms with Crippen LogP contribution in [-0.4, -0.2) is 11.1 Å². The molecule has 0 unspecified atom stereocenters. The van der Waals surface area contributed by atoms with Gasteiger partial charge in [-0.15, -0.1) is 0 Å².